The molecule has 1 heterocycles. The van der Waals surface area contributed by atoms with Crippen LogP contribution in [-0.2, 0) is 9.59 Å². The zero-order valence-electron chi connectivity index (χ0n) is 12.2. The molecule has 21 heavy (non-hydrogen) atoms. The number of aliphatic hydroxyl groups excluding tert-OH is 1. The molecular weight excluding hydrogens is 288 g/mol. The number of carbonyl (C=O) groups excluding carboxylic acids is 2. The fourth-order valence-electron chi connectivity index (χ4n) is 2.32. The average Bonchev–Trinajstić information content (AvgIpc) is 2.52. The van der Waals surface area contributed by atoms with Gasteiger partial charge in [-0.2, -0.15) is 0 Å². The smallest absolute Gasteiger partial charge is 0.271 e. The predicted molar refractivity (Wildman–Crippen MR) is 83.3 cm³/mol. The number of likely N-dealkylation sites (N-methyl/N-ethyl adjacent to an activating group) is 2. The Bertz CT molecular complexity index is 582. The number of hydrogen-bond acceptors (Lipinski definition) is 4. The van der Waals surface area contributed by atoms with Crippen LogP contribution < -0.4 is 0 Å². The lowest BCUT2D eigenvalue weighted by Gasteiger charge is -2.45. The van der Waals surface area contributed by atoms with Gasteiger partial charge in [0.25, 0.3) is 11.8 Å². The Morgan fingerprint density at radius 3 is 2.38 bits per heavy atom. The van der Waals surface area contributed by atoms with Crippen molar-refractivity contribution >= 4 is 29.7 Å². The van der Waals surface area contributed by atoms with Crippen LogP contribution in [-0.4, -0.2) is 58.5 Å². The highest BCUT2D eigenvalue weighted by molar-refractivity contribution is 8.00. The zero-order chi connectivity index (χ0) is 15.6. The molecule has 1 saturated heterocycles. The van der Waals surface area contributed by atoms with E-state index >= 15 is 0 Å². The Labute approximate surface area is 128 Å². The van der Waals surface area contributed by atoms with Gasteiger partial charge in [0.05, 0.1) is 6.61 Å². The highest BCUT2D eigenvalue weighted by atomic mass is 32.2. The van der Waals surface area contributed by atoms with Gasteiger partial charge in [-0.1, -0.05) is 30.3 Å². The van der Waals surface area contributed by atoms with Crippen molar-refractivity contribution < 1.29 is 14.7 Å². The molecule has 1 fully saturated rings. The van der Waals surface area contributed by atoms with Crippen LogP contribution in [0, 0.1) is 0 Å². The summed E-state index contributed by atoms with van der Waals surface area (Å²) in [6.07, 6.45) is 3.38. The number of rotatable bonds is 3. The third kappa shape index (κ3) is 2.45. The zero-order valence-corrected chi connectivity index (χ0v) is 13.1. The Balaban J connectivity index is 2.47. The second kappa shape index (κ2) is 5.91. The molecule has 2 rings (SSSR count). The van der Waals surface area contributed by atoms with Crippen LogP contribution in [0.15, 0.2) is 36.0 Å². The predicted octanol–water partition coefficient (Wildman–Crippen LogP) is 1.01. The van der Waals surface area contributed by atoms with E-state index in [1.165, 1.54) is 9.80 Å². The van der Waals surface area contributed by atoms with E-state index < -0.39 is 11.5 Å². The number of aliphatic hydroxyl groups is 1. The summed E-state index contributed by atoms with van der Waals surface area (Å²) in [7, 11) is 3.10. The molecule has 0 bridgehead atoms. The van der Waals surface area contributed by atoms with Crippen LogP contribution in [0.25, 0.3) is 6.08 Å². The van der Waals surface area contributed by atoms with Crippen molar-refractivity contribution in [1.82, 2.24) is 9.80 Å². The summed E-state index contributed by atoms with van der Waals surface area (Å²) in [6, 6.07) is 9.34. The minimum absolute atomic E-state index is 0.288. The van der Waals surface area contributed by atoms with Gasteiger partial charge in [0.1, 0.15) is 5.70 Å². The number of amides is 2. The molecule has 1 aliphatic rings. The van der Waals surface area contributed by atoms with Crippen molar-refractivity contribution in [2.24, 2.45) is 0 Å². The number of nitrogens with zero attached hydrogens (tertiary/aromatic N) is 2. The Hall–Kier alpha value is -1.79. The lowest BCUT2D eigenvalue weighted by molar-refractivity contribution is -0.152. The van der Waals surface area contributed by atoms with Gasteiger partial charge in [-0.25, -0.2) is 0 Å². The molecule has 1 aromatic rings. The molecule has 1 N–H and O–H groups in total. The van der Waals surface area contributed by atoms with E-state index in [0.29, 0.717) is 5.70 Å². The number of carbonyl (C=O) groups is 2. The fraction of sp³-hybridized carbons (Fsp3) is 0.333. The quantitative estimate of drug-likeness (QED) is 0.847. The van der Waals surface area contributed by atoms with E-state index in [9.17, 15) is 14.7 Å². The minimum atomic E-state index is -1.25. The number of piperazine rings is 1. The van der Waals surface area contributed by atoms with Crippen molar-refractivity contribution in [3.63, 3.8) is 0 Å². The molecule has 1 atom stereocenters. The summed E-state index contributed by atoms with van der Waals surface area (Å²) < 4.78 is 0. The summed E-state index contributed by atoms with van der Waals surface area (Å²) in [5, 5.41) is 9.61. The van der Waals surface area contributed by atoms with Gasteiger partial charge in [0.15, 0.2) is 4.87 Å². The minimum Gasteiger partial charge on any atom is -0.392 e. The second-order valence-corrected chi connectivity index (χ2v) is 5.90. The largest absolute Gasteiger partial charge is 0.392 e. The van der Waals surface area contributed by atoms with Crippen molar-refractivity contribution in [1.29, 1.82) is 0 Å². The number of hydrogen-bond donors (Lipinski definition) is 1. The van der Waals surface area contributed by atoms with Crippen LogP contribution >= 0.6 is 11.8 Å². The first-order valence-electron chi connectivity index (χ1n) is 6.47. The normalized spacial score (nSPS) is 24.9. The van der Waals surface area contributed by atoms with Crippen LogP contribution in [0.5, 0.6) is 0 Å². The van der Waals surface area contributed by atoms with Crippen molar-refractivity contribution in [3.8, 4) is 0 Å². The Morgan fingerprint density at radius 2 is 1.86 bits per heavy atom. The van der Waals surface area contributed by atoms with E-state index in [4.69, 9.17) is 0 Å². The van der Waals surface area contributed by atoms with Crippen molar-refractivity contribution in [2.75, 3.05) is 27.0 Å². The molecule has 6 heteroatoms. The topological polar surface area (TPSA) is 60.9 Å². The van der Waals surface area contributed by atoms with Gasteiger partial charge in [-0.3, -0.25) is 9.59 Å². The Kier molecular flexibility index (Phi) is 4.39. The summed E-state index contributed by atoms with van der Waals surface area (Å²) in [4.78, 5) is 26.5. The molecule has 2 amide bonds. The van der Waals surface area contributed by atoms with Crippen LogP contribution in [0.1, 0.15) is 5.56 Å². The van der Waals surface area contributed by atoms with E-state index in [2.05, 4.69) is 0 Å². The van der Waals surface area contributed by atoms with Gasteiger partial charge in [0, 0.05) is 14.1 Å². The molecule has 1 aliphatic heterocycles. The molecule has 1 aromatic carbocycles. The second-order valence-electron chi connectivity index (χ2n) is 4.82. The van der Waals surface area contributed by atoms with Crippen LogP contribution in [0.3, 0.4) is 0 Å². The van der Waals surface area contributed by atoms with E-state index in [-0.39, 0.29) is 11.8 Å². The Morgan fingerprint density at radius 1 is 1.24 bits per heavy atom. The third-order valence-corrected chi connectivity index (χ3v) is 4.97. The molecule has 0 aromatic heterocycles. The summed E-state index contributed by atoms with van der Waals surface area (Å²) >= 11 is 1.16. The summed E-state index contributed by atoms with van der Waals surface area (Å²) in [6.45, 7) is -0.418. The number of thioether (sulfide) groups is 1. The monoisotopic (exact) mass is 306 g/mol. The third-order valence-electron chi connectivity index (χ3n) is 3.72. The van der Waals surface area contributed by atoms with E-state index in [1.54, 1.807) is 26.4 Å². The first-order chi connectivity index (χ1) is 9.97. The average molecular weight is 306 g/mol. The summed E-state index contributed by atoms with van der Waals surface area (Å²) in [5.74, 6) is -0.592. The van der Waals surface area contributed by atoms with Gasteiger partial charge < -0.3 is 14.9 Å². The van der Waals surface area contributed by atoms with Gasteiger partial charge in [-0.15, -0.1) is 11.8 Å². The summed E-state index contributed by atoms with van der Waals surface area (Å²) in [5.41, 5.74) is 1.14. The molecule has 0 aliphatic carbocycles. The van der Waals surface area contributed by atoms with Gasteiger partial charge in [0.2, 0.25) is 0 Å². The fourth-order valence-corrected chi connectivity index (χ4v) is 3.12. The molecule has 0 unspecified atom stereocenters. The highest BCUT2D eigenvalue weighted by Crippen LogP contribution is 2.35. The van der Waals surface area contributed by atoms with Crippen molar-refractivity contribution in [2.45, 2.75) is 4.87 Å². The lowest BCUT2D eigenvalue weighted by atomic mass is 10.1. The van der Waals surface area contributed by atoms with Gasteiger partial charge in [-0.05, 0) is 17.9 Å². The molecule has 0 radical (unpaired) electrons. The maximum Gasteiger partial charge on any atom is 0.271 e. The lowest BCUT2D eigenvalue weighted by Crippen LogP contribution is -2.65. The van der Waals surface area contributed by atoms with Crippen LogP contribution in [0.2, 0.25) is 0 Å². The first-order valence-corrected chi connectivity index (χ1v) is 7.69. The van der Waals surface area contributed by atoms with Crippen molar-refractivity contribution in [3.05, 3.63) is 41.6 Å². The van der Waals surface area contributed by atoms with E-state index in [0.717, 1.165) is 17.3 Å². The molecule has 0 spiro atoms. The SMILES string of the molecule is CS[C@]1(CO)C(=O)N(C)C(=Cc2ccccc2)C(=O)N1C. The van der Waals surface area contributed by atoms with Crippen LogP contribution in [0.4, 0.5) is 0 Å². The maximum atomic E-state index is 12.6. The molecule has 0 saturated carbocycles. The van der Waals surface area contributed by atoms with E-state index in [1.807, 2.05) is 30.3 Å². The molecule has 5 nitrogen and oxygen atoms in total. The number of benzene rings is 1. The maximum absolute atomic E-state index is 12.6. The molecular formula is C15H18N2O3S. The first kappa shape index (κ1) is 15.6. The van der Waals surface area contributed by atoms with Gasteiger partial charge >= 0.3 is 0 Å². The highest BCUT2D eigenvalue weighted by Gasteiger charge is 2.51. The molecule has 112 valence electrons. The standard InChI is InChI=1S/C15H18N2O3S/c1-16-12(9-11-7-5-4-6-8-11)13(19)17(2)15(10-18,21-3)14(16)20/h4-9,18H,10H2,1-3H3/t15-/m1/s1.